The van der Waals surface area contributed by atoms with Gasteiger partial charge >= 0.3 is 0 Å². The molecule has 0 spiro atoms. The summed E-state index contributed by atoms with van der Waals surface area (Å²) < 4.78 is 56.2. The molecule has 0 aliphatic rings. The zero-order chi connectivity index (χ0) is 29.1. The lowest BCUT2D eigenvalue weighted by atomic mass is 10.2. The van der Waals surface area contributed by atoms with Gasteiger partial charge < -0.3 is 20.1 Å². The van der Waals surface area contributed by atoms with Crippen molar-refractivity contribution in [3.8, 4) is 11.5 Å². The van der Waals surface area contributed by atoms with Crippen molar-refractivity contribution in [1.29, 1.82) is 0 Å². The van der Waals surface area contributed by atoms with E-state index in [1.165, 1.54) is 45.7 Å². The number of hydrogen-bond acceptors (Lipinski definition) is 11. The van der Waals surface area contributed by atoms with Gasteiger partial charge in [0.25, 0.3) is 0 Å². The summed E-state index contributed by atoms with van der Waals surface area (Å²) in [5.74, 6) is 0.953. The first-order valence-corrected chi connectivity index (χ1v) is 14.1. The van der Waals surface area contributed by atoms with Crippen molar-refractivity contribution < 1.29 is 26.9 Å². The quantitative estimate of drug-likeness (QED) is 0.201. The topological polar surface area (TPSA) is 145 Å². The lowest BCUT2D eigenvalue weighted by Gasteiger charge is -2.14. The molecule has 214 valence electrons. The van der Waals surface area contributed by atoms with Gasteiger partial charge in [0, 0.05) is 37.8 Å². The molecule has 0 bridgehead atoms. The third-order valence-electron chi connectivity index (χ3n) is 6.13. The number of halogens is 2. The molecular formula is C26H25ClFN7O5S. The standard InChI is InChI=1S/C26H25ClFN7O5S/c1-35(2)41(36,37)23-8-7-19(24-25(23)34-40-33-24)29-9-4-10-39-22-13-20-16(12-21(22)38-3)26(31-14-30-20)32-15-5-6-18(28)17(27)11-15/h5-8,11-14,29H,4,9-10H2,1-3H3,(H,30,31,32). The Morgan fingerprint density at radius 1 is 1.05 bits per heavy atom. The number of ether oxygens (including phenoxy) is 2. The third-order valence-corrected chi connectivity index (χ3v) is 8.27. The van der Waals surface area contributed by atoms with Gasteiger partial charge in [0.05, 0.1) is 29.9 Å². The van der Waals surface area contributed by atoms with Crippen molar-refractivity contribution in [2.45, 2.75) is 11.3 Å². The summed E-state index contributed by atoms with van der Waals surface area (Å²) >= 11 is 5.90. The molecule has 41 heavy (non-hydrogen) atoms. The molecule has 0 radical (unpaired) electrons. The molecule has 0 fully saturated rings. The number of benzene rings is 3. The van der Waals surface area contributed by atoms with Crippen molar-refractivity contribution in [3.05, 3.63) is 59.6 Å². The van der Waals surface area contributed by atoms with Crippen LogP contribution in [0.2, 0.25) is 5.02 Å². The third kappa shape index (κ3) is 5.80. The normalized spacial score (nSPS) is 11.8. The minimum atomic E-state index is -3.72. The maximum atomic E-state index is 13.5. The van der Waals surface area contributed by atoms with E-state index in [0.717, 1.165) is 4.31 Å². The van der Waals surface area contributed by atoms with Crippen LogP contribution in [0.15, 0.2) is 58.3 Å². The highest BCUT2D eigenvalue weighted by atomic mass is 35.5. The molecule has 0 amide bonds. The Morgan fingerprint density at radius 3 is 2.61 bits per heavy atom. The molecule has 3 aromatic carbocycles. The lowest BCUT2D eigenvalue weighted by Crippen LogP contribution is -2.22. The van der Waals surface area contributed by atoms with Crippen molar-refractivity contribution >= 4 is 60.8 Å². The Bertz CT molecular complexity index is 1830. The van der Waals surface area contributed by atoms with E-state index in [2.05, 4.69) is 30.9 Å². The molecule has 2 N–H and O–H groups in total. The van der Waals surface area contributed by atoms with Gasteiger partial charge in [0.1, 0.15) is 22.9 Å². The molecule has 12 nitrogen and oxygen atoms in total. The molecule has 2 aromatic heterocycles. The zero-order valence-corrected chi connectivity index (χ0v) is 23.8. The Kier molecular flexibility index (Phi) is 8.06. The smallest absolute Gasteiger partial charge is 0.244 e. The van der Waals surface area contributed by atoms with Gasteiger partial charge in [-0.1, -0.05) is 11.6 Å². The van der Waals surface area contributed by atoms with Crippen LogP contribution in [0.4, 0.5) is 21.6 Å². The first kappa shape index (κ1) is 28.3. The van der Waals surface area contributed by atoms with E-state index in [9.17, 15) is 12.8 Å². The fourth-order valence-electron chi connectivity index (χ4n) is 4.02. The second-order valence-corrected chi connectivity index (χ2v) is 11.5. The van der Waals surface area contributed by atoms with Crippen LogP contribution in [-0.2, 0) is 10.0 Å². The molecule has 0 aliphatic heterocycles. The maximum Gasteiger partial charge on any atom is 0.244 e. The highest BCUT2D eigenvalue weighted by molar-refractivity contribution is 7.89. The number of nitrogens with one attached hydrogen (secondary N) is 2. The highest BCUT2D eigenvalue weighted by Gasteiger charge is 2.24. The summed E-state index contributed by atoms with van der Waals surface area (Å²) in [6.45, 7) is 0.834. The molecule has 0 saturated carbocycles. The van der Waals surface area contributed by atoms with Crippen LogP contribution in [0.3, 0.4) is 0 Å². The summed E-state index contributed by atoms with van der Waals surface area (Å²) in [5, 5.41) is 14.7. The van der Waals surface area contributed by atoms with E-state index in [0.29, 0.717) is 64.7 Å². The van der Waals surface area contributed by atoms with E-state index >= 15 is 0 Å². The van der Waals surface area contributed by atoms with Gasteiger partial charge in [0.2, 0.25) is 10.0 Å². The number of fused-ring (bicyclic) bond motifs is 2. The Balaban J connectivity index is 1.25. The summed E-state index contributed by atoms with van der Waals surface area (Å²) in [4.78, 5) is 8.66. The zero-order valence-electron chi connectivity index (χ0n) is 22.2. The minimum Gasteiger partial charge on any atom is -0.493 e. The van der Waals surface area contributed by atoms with E-state index in [1.54, 1.807) is 24.3 Å². The minimum absolute atomic E-state index is 0.00693. The van der Waals surface area contributed by atoms with Crippen LogP contribution in [0.1, 0.15) is 6.42 Å². The summed E-state index contributed by atoms with van der Waals surface area (Å²) in [6.07, 6.45) is 2.00. The van der Waals surface area contributed by atoms with Crippen LogP contribution in [-0.4, -0.2) is 67.4 Å². The number of nitrogens with zero attached hydrogens (tertiary/aromatic N) is 5. The number of sulfonamides is 1. The van der Waals surface area contributed by atoms with Crippen molar-refractivity contribution in [2.75, 3.05) is 45.0 Å². The van der Waals surface area contributed by atoms with Crippen molar-refractivity contribution in [1.82, 2.24) is 24.6 Å². The van der Waals surface area contributed by atoms with Crippen molar-refractivity contribution in [2.24, 2.45) is 0 Å². The number of anilines is 3. The first-order chi connectivity index (χ1) is 19.7. The first-order valence-electron chi connectivity index (χ1n) is 12.3. The van der Waals surface area contributed by atoms with Gasteiger partial charge in [-0.2, -0.15) is 0 Å². The number of hydrogen-bond donors (Lipinski definition) is 2. The predicted molar refractivity (Wildman–Crippen MR) is 152 cm³/mol. The molecule has 15 heteroatoms. The SMILES string of the molecule is COc1cc2c(Nc3ccc(F)c(Cl)c3)ncnc2cc1OCCCNc1ccc(S(=O)(=O)N(C)C)c2nonc12. The van der Waals surface area contributed by atoms with E-state index in [-0.39, 0.29) is 15.4 Å². The molecule has 5 rings (SSSR count). The molecular weight excluding hydrogens is 577 g/mol. The Labute approximate surface area is 239 Å². The monoisotopic (exact) mass is 601 g/mol. The largest absolute Gasteiger partial charge is 0.493 e. The number of aromatic nitrogens is 4. The van der Waals surface area contributed by atoms with Crippen LogP contribution in [0.5, 0.6) is 11.5 Å². The van der Waals surface area contributed by atoms with Crippen LogP contribution in [0.25, 0.3) is 21.9 Å². The molecule has 0 saturated heterocycles. The van der Waals surface area contributed by atoms with Gasteiger partial charge in [-0.05, 0) is 53.1 Å². The Hall–Kier alpha value is -4.27. The van der Waals surface area contributed by atoms with Gasteiger partial charge in [-0.15, -0.1) is 0 Å². The fraction of sp³-hybridized carbons (Fsp3) is 0.231. The highest BCUT2D eigenvalue weighted by Crippen LogP contribution is 2.35. The summed E-state index contributed by atoms with van der Waals surface area (Å²) in [5.41, 5.74) is 2.23. The molecule has 0 aliphatic carbocycles. The van der Waals surface area contributed by atoms with Crippen LogP contribution < -0.4 is 20.1 Å². The Morgan fingerprint density at radius 2 is 1.85 bits per heavy atom. The van der Waals surface area contributed by atoms with Crippen LogP contribution >= 0.6 is 11.6 Å². The fourth-order valence-corrected chi connectivity index (χ4v) is 5.21. The molecule has 0 unspecified atom stereocenters. The predicted octanol–water partition coefficient (Wildman–Crippen LogP) is 4.84. The average Bonchev–Trinajstić information content (AvgIpc) is 3.45. The summed E-state index contributed by atoms with van der Waals surface area (Å²) in [7, 11) is 0.702. The van der Waals surface area contributed by atoms with E-state index in [1.807, 2.05) is 0 Å². The second-order valence-electron chi connectivity index (χ2n) is 8.99. The molecule has 0 atom stereocenters. The molecule has 5 aromatic rings. The number of methoxy groups -OCH3 is 1. The number of rotatable bonds is 11. The molecule has 2 heterocycles. The van der Waals surface area contributed by atoms with Gasteiger partial charge in [0.15, 0.2) is 22.5 Å². The second kappa shape index (κ2) is 11.7. The maximum absolute atomic E-state index is 13.5. The van der Waals surface area contributed by atoms with E-state index in [4.69, 9.17) is 25.7 Å². The van der Waals surface area contributed by atoms with E-state index < -0.39 is 15.8 Å². The van der Waals surface area contributed by atoms with Gasteiger partial charge in [-0.3, -0.25) is 0 Å². The van der Waals surface area contributed by atoms with Gasteiger partial charge in [-0.25, -0.2) is 31.7 Å². The van der Waals surface area contributed by atoms with Crippen LogP contribution in [0, 0.1) is 5.82 Å². The van der Waals surface area contributed by atoms with Crippen molar-refractivity contribution in [3.63, 3.8) is 0 Å². The lowest BCUT2D eigenvalue weighted by molar-refractivity contribution is 0.293. The summed E-state index contributed by atoms with van der Waals surface area (Å²) in [6, 6.07) is 10.9. The average molecular weight is 602 g/mol.